The highest BCUT2D eigenvalue weighted by Crippen LogP contribution is 2.32. The molecule has 2 aromatic heterocycles. The van der Waals surface area contributed by atoms with E-state index in [2.05, 4.69) is 10.4 Å². The summed E-state index contributed by atoms with van der Waals surface area (Å²) in [7, 11) is 1.61. The average Bonchev–Trinajstić information content (AvgIpc) is 3.34. The predicted molar refractivity (Wildman–Crippen MR) is 94.6 cm³/mol. The Morgan fingerprint density at radius 1 is 1.32 bits per heavy atom. The maximum Gasteiger partial charge on any atom is 0.292 e. The molecule has 1 N–H and O–H groups in total. The smallest absolute Gasteiger partial charge is 0.292 e. The minimum absolute atomic E-state index is 0.275. The minimum Gasteiger partial charge on any atom is -0.451 e. The van der Waals surface area contributed by atoms with Crippen LogP contribution in [-0.2, 0) is 11.3 Å². The van der Waals surface area contributed by atoms with Crippen molar-refractivity contribution >= 4 is 22.7 Å². The van der Waals surface area contributed by atoms with Crippen LogP contribution in [0.3, 0.4) is 0 Å². The predicted octanol–water partition coefficient (Wildman–Crippen LogP) is 4.14. The fraction of sp³-hybridized carbons (Fsp3) is 0.368. The third-order valence-corrected chi connectivity index (χ3v) is 4.78. The van der Waals surface area contributed by atoms with Crippen molar-refractivity contribution < 1.29 is 13.9 Å². The lowest BCUT2D eigenvalue weighted by molar-refractivity contribution is 0.0991. The molecule has 1 saturated carbocycles. The number of nitrogens with one attached hydrogen (secondary N) is 1. The van der Waals surface area contributed by atoms with Gasteiger partial charge in [0, 0.05) is 24.1 Å². The van der Waals surface area contributed by atoms with Crippen molar-refractivity contribution in [2.75, 3.05) is 12.4 Å². The number of aromatic nitrogens is 2. The standard InChI is InChI=1S/C19H21N3O3/c1-24-12-15-14-8-4-5-9-16(14)25-18(15)19(23)21-17-10-11-20-22(17)13-6-2-3-7-13/h4-5,8-11,13H,2-3,6-7,12H2,1H3,(H,21,23). The second kappa shape index (κ2) is 6.72. The van der Waals surface area contributed by atoms with Crippen LogP contribution in [0.1, 0.15) is 47.8 Å². The molecule has 0 bridgehead atoms. The second-order valence-electron chi connectivity index (χ2n) is 6.39. The van der Waals surface area contributed by atoms with Gasteiger partial charge in [0.05, 0.1) is 18.8 Å². The molecule has 3 aromatic rings. The molecule has 1 aliphatic carbocycles. The Balaban J connectivity index is 1.65. The maximum atomic E-state index is 12.8. The lowest BCUT2D eigenvalue weighted by Crippen LogP contribution is -2.18. The van der Waals surface area contributed by atoms with Gasteiger partial charge in [-0.1, -0.05) is 31.0 Å². The Labute approximate surface area is 145 Å². The number of hydrogen-bond acceptors (Lipinski definition) is 4. The quantitative estimate of drug-likeness (QED) is 0.758. The summed E-state index contributed by atoms with van der Waals surface area (Å²) in [6, 6.07) is 9.79. The number of para-hydroxylation sites is 1. The highest BCUT2D eigenvalue weighted by molar-refractivity contribution is 6.06. The number of hydrogen-bond donors (Lipinski definition) is 1. The van der Waals surface area contributed by atoms with Gasteiger partial charge < -0.3 is 14.5 Å². The monoisotopic (exact) mass is 339 g/mol. The van der Waals surface area contributed by atoms with Crippen molar-refractivity contribution in [2.45, 2.75) is 38.3 Å². The van der Waals surface area contributed by atoms with Crippen LogP contribution in [0, 0.1) is 0 Å². The molecule has 0 unspecified atom stereocenters. The van der Waals surface area contributed by atoms with E-state index in [1.54, 1.807) is 13.3 Å². The van der Waals surface area contributed by atoms with E-state index in [-0.39, 0.29) is 5.91 Å². The molecule has 1 aromatic carbocycles. The molecule has 130 valence electrons. The fourth-order valence-corrected chi connectivity index (χ4v) is 3.60. The third kappa shape index (κ3) is 2.93. The van der Waals surface area contributed by atoms with E-state index in [1.807, 2.05) is 35.0 Å². The van der Waals surface area contributed by atoms with Crippen LogP contribution in [0.2, 0.25) is 0 Å². The molecule has 2 heterocycles. The van der Waals surface area contributed by atoms with Crippen LogP contribution < -0.4 is 5.32 Å². The van der Waals surface area contributed by atoms with Gasteiger partial charge in [0.1, 0.15) is 11.4 Å². The number of methoxy groups -OCH3 is 1. The summed E-state index contributed by atoms with van der Waals surface area (Å²) in [6.45, 7) is 0.321. The Hall–Kier alpha value is -2.60. The molecule has 0 saturated heterocycles. The average molecular weight is 339 g/mol. The first-order chi connectivity index (χ1) is 12.3. The Morgan fingerprint density at radius 2 is 2.12 bits per heavy atom. The van der Waals surface area contributed by atoms with E-state index in [4.69, 9.17) is 9.15 Å². The second-order valence-corrected chi connectivity index (χ2v) is 6.39. The van der Waals surface area contributed by atoms with Crippen molar-refractivity contribution in [3.8, 4) is 0 Å². The largest absolute Gasteiger partial charge is 0.451 e. The maximum absolute atomic E-state index is 12.8. The van der Waals surface area contributed by atoms with E-state index in [0.29, 0.717) is 29.8 Å². The van der Waals surface area contributed by atoms with Crippen molar-refractivity contribution in [3.05, 3.63) is 47.9 Å². The van der Waals surface area contributed by atoms with Crippen LogP contribution in [0.5, 0.6) is 0 Å². The summed E-state index contributed by atoms with van der Waals surface area (Å²) < 4.78 is 13.0. The number of anilines is 1. The van der Waals surface area contributed by atoms with Crippen molar-refractivity contribution in [3.63, 3.8) is 0 Å². The number of furan rings is 1. The molecular formula is C19H21N3O3. The number of nitrogens with zero attached hydrogens (tertiary/aromatic N) is 2. The lowest BCUT2D eigenvalue weighted by atomic mass is 10.1. The fourth-order valence-electron chi connectivity index (χ4n) is 3.60. The van der Waals surface area contributed by atoms with Crippen LogP contribution in [0.25, 0.3) is 11.0 Å². The van der Waals surface area contributed by atoms with Crippen LogP contribution in [0.15, 0.2) is 40.9 Å². The van der Waals surface area contributed by atoms with Crippen LogP contribution in [0.4, 0.5) is 5.82 Å². The van der Waals surface area contributed by atoms with Crippen molar-refractivity contribution in [2.24, 2.45) is 0 Å². The van der Waals surface area contributed by atoms with Gasteiger partial charge in [0.2, 0.25) is 0 Å². The molecule has 0 radical (unpaired) electrons. The number of carbonyl (C=O) groups is 1. The Bertz CT molecular complexity index is 890. The summed E-state index contributed by atoms with van der Waals surface area (Å²) >= 11 is 0. The van der Waals surface area contributed by atoms with Gasteiger partial charge in [0.15, 0.2) is 5.76 Å². The van der Waals surface area contributed by atoms with Crippen molar-refractivity contribution in [1.82, 2.24) is 9.78 Å². The molecule has 1 aliphatic rings. The third-order valence-electron chi connectivity index (χ3n) is 4.78. The zero-order valence-electron chi connectivity index (χ0n) is 14.2. The molecular weight excluding hydrogens is 318 g/mol. The SMILES string of the molecule is COCc1c(C(=O)Nc2ccnn2C2CCCC2)oc2ccccc12. The highest BCUT2D eigenvalue weighted by Gasteiger charge is 2.24. The topological polar surface area (TPSA) is 69.3 Å². The van der Waals surface area contributed by atoms with E-state index in [9.17, 15) is 4.79 Å². The van der Waals surface area contributed by atoms with Crippen LogP contribution in [-0.4, -0.2) is 22.8 Å². The molecule has 1 fully saturated rings. The molecule has 0 spiro atoms. The summed E-state index contributed by atoms with van der Waals surface area (Å²) in [5.74, 6) is 0.728. The number of amides is 1. The lowest BCUT2D eigenvalue weighted by Gasteiger charge is -2.14. The first-order valence-corrected chi connectivity index (χ1v) is 8.62. The van der Waals surface area contributed by atoms with E-state index >= 15 is 0 Å². The first kappa shape index (κ1) is 15.9. The summed E-state index contributed by atoms with van der Waals surface area (Å²) in [5.41, 5.74) is 1.45. The summed E-state index contributed by atoms with van der Waals surface area (Å²) in [4.78, 5) is 12.8. The van der Waals surface area contributed by atoms with Gasteiger partial charge in [-0.05, 0) is 18.9 Å². The molecule has 6 nitrogen and oxygen atoms in total. The molecule has 25 heavy (non-hydrogen) atoms. The molecule has 0 aliphatic heterocycles. The van der Waals surface area contributed by atoms with Gasteiger partial charge in [0.25, 0.3) is 5.91 Å². The minimum atomic E-state index is -0.275. The molecule has 0 atom stereocenters. The van der Waals surface area contributed by atoms with Crippen molar-refractivity contribution in [1.29, 1.82) is 0 Å². The zero-order chi connectivity index (χ0) is 17.2. The number of fused-ring (bicyclic) bond motifs is 1. The van der Waals surface area contributed by atoms with E-state index < -0.39 is 0 Å². The number of benzene rings is 1. The molecule has 1 amide bonds. The van der Waals surface area contributed by atoms with Gasteiger partial charge in [-0.15, -0.1) is 0 Å². The first-order valence-electron chi connectivity index (χ1n) is 8.62. The van der Waals surface area contributed by atoms with Gasteiger partial charge in [-0.3, -0.25) is 4.79 Å². The normalized spacial score (nSPS) is 15.1. The van der Waals surface area contributed by atoms with Crippen LogP contribution >= 0.6 is 0 Å². The van der Waals surface area contributed by atoms with Gasteiger partial charge in [-0.25, -0.2) is 4.68 Å². The van der Waals surface area contributed by atoms with Gasteiger partial charge in [-0.2, -0.15) is 5.10 Å². The molecule has 6 heteroatoms. The van der Waals surface area contributed by atoms with E-state index in [1.165, 1.54) is 12.8 Å². The number of carbonyl (C=O) groups excluding carboxylic acids is 1. The highest BCUT2D eigenvalue weighted by atomic mass is 16.5. The summed E-state index contributed by atoms with van der Waals surface area (Å²) in [5, 5.41) is 8.25. The van der Waals surface area contributed by atoms with Gasteiger partial charge >= 0.3 is 0 Å². The molecule has 4 rings (SSSR count). The Morgan fingerprint density at radius 3 is 2.92 bits per heavy atom. The zero-order valence-corrected chi connectivity index (χ0v) is 14.2. The number of rotatable bonds is 5. The summed E-state index contributed by atoms with van der Waals surface area (Å²) in [6.07, 6.45) is 6.34. The van der Waals surface area contributed by atoms with E-state index in [0.717, 1.165) is 23.8 Å². The number of ether oxygens (including phenoxy) is 1. The Kier molecular flexibility index (Phi) is 4.28.